The normalized spacial score (nSPS) is 12.2. The lowest BCUT2D eigenvalue weighted by molar-refractivity contribution is 0.149. The van der Waals surface area contributed by atoms with Crippen LogP contribution in [0.2, 0.25) is 0 Å². The molecule has 0 amide bonds. The lowest BCUT2D eigenvalue weighted by Crippen LogP contribution is -2.14. The summed E-state index contributed by atoms with van der Waals surface area (Å²) in [5, 5.41) is 0. The zero-order valence-corrected chi connectivity index (χ0v) is 9.07. The molecule has 0 saturated heterocycles. The molecule has 2 heteroatoms. The Bertz CT molecular complexity index is 322. The fraction of sp³-hybridized carbons (Fsp3) is 0.500. The van der Waals surface area contributed by atoms with Crippen molar-refractivity contribution in [3.63, 3.8) is 0 Å². The van der Waals surface area contributed by atoms with Crippen LogP contribution in [0.1, 0.15) is 43.9 Å². The van der Waals surface area contributed by atoms with Gasteiger partial charge in [0.1, 0.15) is 0 Å². The molecule has 1 aromatic rings. The van der Waals surface area contributed by atoms with E-state index in [4.69, 9.17) is 0 Å². The van der Waals surface area contributed by atoms with Crippen LogP contribution in [-0.4, -0.2) is 0 Å². The quantitative estimate of drug-likeness (QED) is 0.633. The van der Waals surface area contributed by atoms with Gasteiger partial charge in [0.05, 0.1) is 0 Å². The van der Waals surface area contributed by atoms with Crippen molar-refractivity contribution in [2.75, 3.05) is 0 Å². The molecule has 0 heterocycles. The topological polar surface area (TPSA) is 0 Å². The second-order valence-electron chi connectivity index (χ2n) is 4.64. The number of aryl methyl sites for hydroxylation is 1. The molecule has 0 fully saturated rings. The second kappa shape index (κ2) is 3.68. The molecule has 0 aliphatic carbocycles. The van der Waals surface area contributed by atoms with E-state index in [9.17, 15) is 8.78 Å². The van der Waals surface area contributed by atoms with Crippen molar-refractivity contribution in [1.29, 1.82) is 0 Å². The Labute approximate surface area is 84.0 Å². The van der Waals surface area contributed by atoms with Gasteiger partial charge in [0.25, 0.3) is 6.43 Å². The van der Waals surface area contributed by atoms with E-state index >= 15 is 0 Å². The van der Waals surface area contributed by atoms with Crippen LogP contribution in [0.15, 0.2) is 18.2 Å². The van der Waals surface area contributed by atoms with Crippen LogP contribution in [0.3, 0.4) is 0 Å². The molecule has 0 radical (unpaired) electrons. The van der Waals surface area contributed by atoms with Crippen LogP contribution in [0.5, 0.6) is 0 Å². The van der Waals surface area contributed by atoms with Crippen LogP contribution >= 0.6 is 0 Å². The summed E-state index contributed by atoms with van der Waals surface area (Å²) in [5.41, 5.74) is 1.70. The predicted octanol–water partition coefficient (Wildman–Crippen LogP) is 4.23. The summed E-state index contributed by atoms with van der Waals surface area (Å²) in [6.07, 6.45) is -2.38. The minimum atomic E-state index is -2.38. The summed E-state index contributed by atoms with van der Waals surface area (Å²) < 4.78 is 25.4. The van der Waals surface area contributed by atoms with Crippen molar-refractivity contribution in [3.05, 3.63) is 34.9 Å². The molecule has 0 aliphatic heterocycles. The zero-order valence-electron chi connectivity index (χ0n) is 9.07. The van der Waals surface area contributed by atoms with E-state index < -0.39 is 6.43 Å². The first kappa shape index (κ1) is 11.2. The van der Waals surface area contributed by atoms with Gasteiger partial charge < -0.3 is 0 Å². The predicted molar refractivity (Wildman–Crippen MR) is 54.8 cm³/mol. The minimum absolute atomic E-state index is 0.156. The van der Waals surface area contributed by atoms with Crippen molar-refractivity contribution < 1.29 is 8.78 Å². The highest BCUT2D eigenvalue weighted by Crippen LogP contribution is 2.32. The molecule has 78 valence electrons. The second-order valence-corrected chi connectivity index (χ2v) is 4.64. The van der Waals surface area contributed by atoms with Gasteiger partial charge in [-0.1, -0.05) is 44.5 Å². The van der Waals surface area contributed by atoms with Gasteiger partial charge in [0.2, 0.25) is 0 Å². The van der Waals surface area contributed by atoms with E-state index in [0.29, 0.717) is 0 Å². The lowest BCUT2D eigenvalue weighted by Gasteiger charge is -2.23. The van der Waals surface area contributed by atoms with Crippen LogP contribution in [0, 0.1) is 6.92 Å². The highest BCUT2D eigenvalue weighted by Gasteiger charge is 2.22. The Balaban J connectivity index is 3.30. The first-order valence-electron chi connectivity index (χ1n) is 4.71. The third-order valence-electron chi connectivity index (χ3n) is 2.25. The SMILES string of the molecule is Cc1ccc(C(F)F)c(C(C)(C)C)c1. The number of halogens is 2. The molecule has 1 rings (SSSR count). The van der Waals surface area contributed by atoms with E-state index in [0.717, 1.165) is 11.1 Å². The van der Waals surface area contributed by atoms with Crippen LogP contribution < -0.4 is 0 Å². The fourth-order valence-electron chi connectivity index (χ4n) is 1.51. The Morgan fingerprint density at radius 2 is 1.71 bits per heavy atom. The van der Waals surface area contributed by atoms with Gasteiger partial charge in [-0.15, -0.1) is 0 Å². The monoisotopic (exact) mass is 198 g/mol. The lowest BCUT2D eigenvalue weighted by atomic mass is 9.83. The van der Waals surface area contributed by atoms with Gasteiger partial charge in [-0.25, -0.2) is 8.78 Å². The van der Waals surface area contributed by atoms with Gasteiger partial charge in [-0.2, -0.15) is 0 Å². The maximum atomic E-state index is 12.7. The Morgan fingerprint density at radius 1 is 1.14 bits per heavy atom. The molecule has 14 heavy (non-hydrogen) atoms. The van der Waals surface area contributed by atoms with Gasteiger partial charge in [0.15, 0.2) is 0 Å². The number of alkyl halides is 2. The molecular formula is C12H16F2. The fourth-order valence-corrected chi connectivity index (χ4v) is 1.51. The third-order valence-corrected chi connectivity index (χ3v) is 2.25. The molecule has 0 spiro atoms. The molecule has 0 aliphatic rings. The number of hydrogen-bond acceptors (Lipinski definition) is 0. The van der Waals surface area contributed by atoms with Gasteiger partial charge in [-0.3, -0.25) is 0 Å². The van der Waals surface area contributed by atoms with Crippen molar-refractivity contribution in [2.24, 2.45) is 0 Å². The van der Waals surface area contributed by atoms with Gasteiger partial charge in [-0.05, 0) is 17.9 Å². The third kappa shape index (κ3) is 2.31. The molecule has 0 aromatic heterocycles. The molecule has 0 saturated carbocycles. The highest BCUT2D eigenvalue weighted by molar-refractivity contribution is 5.36. The molecular weight excluding hydrogens is 182 g/mol. The molecule has 0 unspecified atom stereocenters. The molecule has 0 N–H and O–H groups in total. The van der Waals surface area contributed by atoms with E-state index in [-0.39, 0.29) is 11.0 Å². The summed E-state index contributed by atoms with van der Waals surface area (Å²) in [6, 6.07) is 5.11. The largest absolute Gasteiger partial charge is 0.264 e. The molecule has 0 nitrogen and oxygen atoms in total. The van der Waals surface area contributed by atoms with Crippen LogP contribution in [-0.2, 0) is 5.41 Å². The smallest absolute Gasteiger partial charge is 0.205 e. The summed E-state index contributed by atoms with van der Waals surface area (Å²) in [7, 11) is 0. The van der Waals surface area contributed by atoms with Crippen molar-refractivity contribution in [1.82, 2.24) is 0 Å². The number of rotatable bonds is 1. The highest BCUT2D eigenvalue weighted by atomic mass is 19.3. The number of benzene rings is 1. The maximum Gasteiger partial charge on any atom is 0.264 e. The van der Waals surface area contributed by atoms with Crippen LogP contribution in [0.25, 0.3) is 0 Å². The van der Waals surface area contributed by atoms with Gasteiger partial charge >= 0.3 is 0 Å². The van der Waals surface area contributed by atoms with Crippen molar-refractivity contribution >= 4 is 0 Å². The number of hydrogen-bond donors (Lipinski definition) is 0. The van der Waals surface area contributed by atoms with E-state index in [1.54, 1.807) is 6.07 Å². The first-order valence-corrected chi connectivity index (χ1v) is 4.71. The Hall–Kier alpha value is -0.920. The summed E-state index contributed by atoms with van der Waals surface area (Å²) in [6.45, 7) is 7.78. The van der Waals surface area contributed by atoms with E-state index in [1.807, 2.05) is 33.8 Å². The van der Waals surface area contributed by atoms with Crippen molar-refractivity contribution in [3.8, 4) is 0 Å². The first-order chi connectivity index (χ1) is 6.32. The average molecular weight is 198 g/mol. The summed E-state index contributed by atoms with van der Waals surface area (Å²) in [5.74, 6) is 0. The molecule has 0 atom stereocenters. The average Bonchev–Trinajstić information content (AvgIpc) is 2.01. The molecule has 1 aromatic carbocycles. The zero-order chi connectivity index (χ0) is 10.9. The Morgan fingerprint density at radius 3 is 2.14 bits per heavy atom. The minimum Gasteiger partial charge on any atom is -0.205 e. The summed E-state index contributed by atoms with van der Waals surface area (Å²) in [4.78, 5) is 0. The van der Waals surface area contributed by atoms with Crippen molar-refractivity contribution in [2.45, 2.75) is 39.5 Å². The Kier molecular flexibility index (Phi) is 2.93. The van der Waals surface area contributed by atoms with E-state index in [1.165, 1.54) is 6.07 Å². The van der Waals surface area contributed by atoms with E-state index in [2.05, 4.69) is 0 Å². The maximum absolute atomic E-state index is 12.7. The van der Waals surface area contributed by atoms with Crippen LogP contribution in [0.4, 0.5) is 8.78 Å². The van der Waals surface area contributed by atoms with Gasteiger partial charge in [0, 0.05) is 5.56 Å². The summed E-state index contributed by atoms with van der Waals surface area (Å²) >= 11 is 0. The molecule has 0 bridgehead atoms. The standard InChI is InChI=1S/C12H16F2/c1-8-5-6-9(11(13)14)10(7-8)12(2,3)4/h5-7,11H,1-4H3.